The topological polar surface area (TPSA) is 92.2 Å². The van der Waals surface area contributed by atoms with Crippen molar-refractivity contribution < 1.29 is 12.8 Å². The first kappa shape index (κ1) is 16.2. The van der Waals surface area contributed by atoms with E-state index >= 15 is 0 Å². The average Bonchev–Trinajstić information content (AvgIpc) is 2.74. The van der Waals surface area contributed by atoms with E-state index in [0.717, 1.165) is 6.07 Å². The van der Waals surface area contributed by atoms with Crippen LogP contribution < -0.4 is 10.5 Å². The summed E-state index contributed by atoms with van der Waals surface area (Å²) in [6.45, 7) is 0. The summed E-state index contributed by atoms with van der Waals surface area (Å²) in [5, 5.41) is 0.469. The fourth-order valence-corrected chi connectivity index (χ4v) is 4.09. The lowest BCUT2D eigenvalue weighted by Crippen LogP contribution is -2.13. The van der Waals surface area contributed by atoms with Crippen LogP contribution in [0.2, 0.25) is 15.1 Å². The summed E-state index contributed by atoms with van der Waals surface area (Å²) >= 11 is 17.7. The van der Waals surface area contributed by atoms with Crippen LogP contribution in [0.15, 0.2) is 44.4 Å². The molecular weight excluding hydrogens is 387 g/mol. The van der Waals surface area contributed by atoms with Gasteiger partial charge in [0.2, 0.25) is 0 Å². The zero-order valence-electron chi connectivity index (χ0n) is 11.1. The molecule has 23 heavy (non-hydrogen) atoms. The Morgan fingerprint density at radius 2 is 1.65 bits per heavy atom. The zero-order chi connectivity index (χ0) is 16.8. The van der Waals surface area contributed by atoms with Crippen molar-refractivity contribution in [3.63, 3.8) is 0 Å². The molecule has 0 fully saturated rings. The molecule has 0 aliphatic heterocycles. The lowest BCUT2D eigenvalue weighted by Gasteiger charge is -2.10. The van der Waals surface area contributed by atoms with Gasteiger partial charge in [0.1, 0.15) is 4.90 Å². The first-order valence-corrected chi connectivity index (χ1v) is 8.67. The fraction of sp³-hybridized carbons (Fsp3) is 0. The van der Waals surface area contributed by atoms with Crippen LogP contribution in [0.5, 0.6) is 0 Å². The monoisotopic (exact) mass is 392 g/mol. The molecule has 6 nitrogen and oxygen atoms in total. The molecule has 0 spiro atoms. The maximum atomic E-state index is 12.5. The summed E-state index contributed by atoms with van der Waals surface area (Å²) in [5.41, 5.74) is 0.544. The minimum atomic E-state index is -4.03. The molecule has 0 aliphatic carbocycles. The number of fused-ring (bicyclic) bond motifs is 1. The van der Waals surface area contributed by atoms with E-state index in [4.69, 9.17) is 39.2 Å². The van der Waals surface area contributed by atoms with Crippen molar-refractivity contribution in [2.45, 2.75) is 4.90 Å². The maximum absolute atomic E-state index is 12.5. The minimum Gasteiger partial charge on any atom is -0.408 e. The van der Waals surface area contributed by atoms with E-state index in [0.29, 0.717) is 5.52 Å². The number of halogens is 3. The summed E-state index contributed by atoms with van der Waals surface area (Å²) in [4.78, 5) is 13.3. The fourth-order valence-electron chi connectivity index (χ4n) is 1.98. The largest absolute Gasteiger partial charge is 0.417 e. The number of nitrogens with one attached hydrogen (secondary N) is 2. The number of anilines is 1. The number of sulfonamides is 1. The Balaban J connectivity index is 2.08. The molecular formula is C13H7Cl3N2O4S. The second-order valence-electron chi connectivity index (χ2n) is 4.56. The quantitative estimate of drug-likeness (QED) is 0.706. The van der Waals surface area contributed by atoms with Gasteiger partial charge in [0.15, 0.2) is 5.58 Å². The first-order chi connectivity index (χ1) is 10.7. The third-order valence-corrected chi connectivity index (χ3v) is 5.16. The summed E-state index contributed by atoms with van der Waals surface area (Å²) in [5.74, 6) is -0.708. The molecule has 3 rings (SSSR count). The predicted octanol–water partition coefficient (Wildman–Crippen LogP) is 3.88. The van der Waals surface area contributed by atoms with Gasteiger partial charge in [-0.25, -0.2) is 13.2 Å². The molecule has 1 heterocycles. The van der Waals surface area contributed by atoms with Crippen LogP contribution >= 0.6 is 34.8 Å². The SMILES string of the molecule is O=c1[nH]c2cc(Cl)c(S(=O)(=O)Nc3cc(Cl)cc(Cl)c3)cc2o1. The van der Waals surface area contributed by atoms with Gasteiger partial charge in [0.05, 0.1) is 16.2 Å². The molecule has 3 aromatic rings. The third-order valence-electron chi connectivity index (χ3n) is 2.88. The van der Waals surface area contributed by atoms with Crippen molar-refractivity contribution in [3.05, 3.63) is 56.0 Å². The number of oxazole rings is 1. The van der Waals surface area contributed by atoms with E-state index in [1.807, 2.05) is 0 Å². The van der Waals surface area contributed by atoms with Crippen molar-refractivity contribution in [3.8, 4) is 0 Å². The Kier molecular flexibility index (Phi) is 4.05. The van der Waals surface area contributed by atoms with Gasteiger partial charge in [-0.3, -0.25) is 9.71 Å². The number of rotatable bonds is 3. The molecule has 0 unspecified atom stereocenters. The predicted molar refractivity (Wildman–Crippen MR) is 89.1 cm³/mol. The Hall–Kier alpha value is -1.67. The van der Waals surface area contributed by atoms with E-state index in [9.17, 15) is 13.2 Å². The molecule has 10 heteroatoms. The Bertz CT molecular complexity index is 1050. The second-order valence-corrected chi connectivity index (χ2v) is 7.49. The van der Waals surface area contributed by atoms with Crippen LogP contribution in [-0.2, 0) is 10.0 Å². The number of hydrogen-bond donors (Lipinski definition) is 2. The smallest absolute Gasteiger partial charge is 0.408 e. The second kappa shape index (κ2) is 5.76. The maximum Gasteiger partial charge on any atom is 0.417 e. The highest BCUT2D eigenvalue weighted by atomic mass is 35.5. The summed E-state index contributed by atoms with van der Waals surface area (Å²) in [6.07, 6.45) is 0. The van der Waals surface area contributed by atoms with Crippen LogP contribution in [0.3, 0.4) is 0 Å². The number of benzene rings is 2. The molecule has 120 valence electrons. The van der Waals surface area contributed by atoms with Gasteiger partial charge in [0.25, 0.3) is 10.0 Å². The van der Waals surface area contributed by atoms with Crippen molar-refractivity contribution in [1.82, 2.24) is 4.98 Å². The number of aromatic nitrogens is 1. The van der Waals surface area contributed by atoms with E-state index in [2.05, 4.69) is 9.71 Å². The number of aromatic amines is 1. The molecule has 0 saturated carbocycles. The highest BCUT2D eigenvalue weighted by Gasteiger charge is 2.21. The average molecular weight is 394 g/mol. The third kappa shape index (κ3) is 3.32. The summed E-state index contributed by atoms with van der Waals surface area (Å²) in [7, 11) is -4.03. The molecule has 2 aromatic carbocycles. The van der Waals surface area contributed by atoms with Crippen LogP contribution in [0.25, 0.3) is 11.1 Å². The molecule has 0 bridgehead atoms. The summed E-state index contributed by atoms with van der Waals surface area (Å²) in [6, 6.07) is 6.71. The molecule has 1 aromatic heterocycles. The van der Waals surface area contributed by atoms with Crippen LogP contribution in [0.1, 0.15) is 0 Å². The van der Waals surface area contributed by atoms with E-state index < -0.39 is 15.8 Å². The van der Waals surface area contributed by atoms with Crippen LogP contribution in [0, 0.1) is 0 Å². The van der Waals surface area contributed by atoms with Gasteiger partial charge in [0, 0.05) is 16.1 Å². The number of hydrogen-bond acceptors (Lipinski definition) is 4. The Morgan fingerprint density at radius 1 is 1.00 bits per heavy atom. The van der Waals surface area contributed by atoms with Gasteiger partial charge in [-0.15, -0.1) is 0 Å². The van der Waals surface area contributed by atoms with E-state index in [1.165, 1.54) is 24.3 Å². The van der Waals surface area contributed by atoms with Crippen molar-refractivity contribution in [1.29, 1.82) is 0 Å². The van der Waals surface area contributed by atoms with Gasteiger partial charge < -0.3 is 4.42 Å². The van der Waals surface area contributed by atoms with Gasteiger partial charge >= 0.3 is 5.76 Å². The van der Waals surface area contributed by atoms with E-state index in [-0.39, 0.29) is 31.2 Å². The van der Waals surface area contributed by atoms with Crippen LogP contribution in [-0.4, -0.2) is 13.4 Å². The summed E-state index contributed by atoms with van der Waals surface area (Å²) < 4.78 is 32.1. The molecule has 0 aliphatic rings. The molecule has 0 amide bonds. The van der Waals surface area contributed by atoms with Crippen LogP contribution in [0.4, 0.5) is 5.69 Å². The van der Waals surface area contributed by atoms with E-state index in [1.54, 1.807) is 0 Å². The Labute approximate surface area is 145 Å². The molecule has 0 atom stereocenters. The number of H-pyrrole nitrogens is 1. The minimum absolute atomic E-state index is 0.0731. The molecule has 2 N–H and O–H groups in total. The standard InChI is InChI=1S/C13H7Cl3N2O4S/c14-6-1-7(15)3-8(2-6)18-23(20,21)12-5-11-10(4-9(12)16)17-13(19)22-11/h1-5,18H,(H,17,19). The molecule has 0 saturated heterocycles. The van der Waals surface area contributed by atoms with Crippen molar-refractivity contribution in [2.75, 3.05) is 4.72 Å². The molecule has 0 radical (unpaired) electrons. The highest BCUT2D eigenvalue weighted by Crippen LogP contribution is 2.29. The van der Waals surface area contributed by atoms with Gasteiger partial charge in [-0.1, -0.05) is 34.8 Å². The zero-order valence-corrected chi connectivity index (χ0v) is 14.1. The van der Waals surface area contributed by atoms with Gasteiger partial charge in [-0.05, 0) is 24.3 Å². The van der Waals surface area contributed by atoms with Crippen molar-refractivity contribution in [2.24, 2.45) is 0 Å². The highest BCUT2D eigenvalue weighted by molar-refractivity contribution is 7.92. The Morgan fingerprint density at radius 3 is 2.30 bits per heavy atom. The lowest BCUT2D eigenvalue weighted by molar-refractivity contribution is 0.554. The first-order valence-electron chi connectivity index (χ1n) is 6.06. The lowest BCUT2D eigenvalue weighted by atomic mass is 10.3. The normalized spacial score (nSPS) is 11.8. The van der Waals surface area contributed by atoms with Gasteiger partial charge in [-0.2, -0.15) is 0 Å². The van der Waals surface area contributed by atoms with Crippen molar-refractivity contribution >= 4 is 61.6 Å².